The van der Waals surface area contributed by atoms with E-state index in [0.29, 0.717) is 18.7 Å². The van der Waals surface area contributed by atoms with Crippen molar-refractivity contribution < 1.29 is 4.42 Å². The van der Waals surface area contributed by atoms with Gasteiger partial charge in [-0.3, -0.25) is 9.69 Å². The Labute approximate surface area is 200 Å². The number of pyridine rings is 1. The first kappa shape index (κ1) is 23.9. The van der Waals surface area contributed by atoms with Crippen LogP contribution >= 0.6 is 0 Å². The normalized spacial score (nSPS) is 13.1. The number of nitrogens with zero attached hydrogens (tertiary/aromatic N) is 5. The lowest BCUT2D eigenvalue weighted by atomic mass is 10.0. The predicted octanol–water partition coefficient (Wildman–Crippen LogP) is 5.02. The van der Waals surface area contributed by atoms with Gasteiger partial charge in [0.05, 0.1) is 29.9 Å². The van der Waals surface area contributed by atoms with Gasteiger partial charge in [-0.2, -0.15) is 0 Å². The third-order valence-corrected chi connectivity index (χ3v) is 6.89. The molecule has 0 saturated carbocycles. The molecule has 0 unspecified atom stereocenters. The molecule has 0 saturated heterocycles. The number of tetrazole rings is 1. The van der Waals surface area contributed by atoms with Crippen LogP contribution in [0.3, 0.4) is 0 Å². The van der Waals surface area contributed by atoms with Crippen molar-refractivity contribution in [1.29, 1.82) is 0 Å². The topological polar surface area (TPSA) is 92.8 Å². The summed E-state index contributed by atoms with van der Waals surface area (Å²) in [6.45, 7) is 13.6. The number of fused-ring (bicyclic) bond motifs is 1. The second-order valence-corrected chi connectivity index (χ2v) is 9.64. The molecular weight excluding hydrogens is 428 g/mol. The number of aryl methyl sites for hydroxylation is 2. The number of rotatable bonds is 9. The van der Waals surface area contributed by atoms with Crippen molar-refractivity contribution in [2.45, 2.75) is 79.1 Å². The van der Waals surface area contributed by atoms with E-state index in [1.807, 2.05) is 35.9 Å². The van der Waals surface area contributed by atoms with Crippen LogP contribution in [0.25, 0.3) is 10.9 Å². The first-order valence-electron chi connectivity index (χ1n) is 11.9. The van der Waals surface area contributed by atoms with Gasteiger partial charge in [-0.05, 0) is 80.3 Å². The van der Waals surface area contributed by atoms with Gasteiger partial charge in [0.15, 0.2) is 5.82 Å². The Bertz CT molecular complexity index is 1320. The summed E-state index contributed by atoms with van der Waals surface area (Å²) < 4.78 is 7.61. The van der Waals surface area contributed by atoms with E-state index in [9.17, 15) is 4.79 Å². The number of furan rings is 1. The minimum atomic E-state index is -0.225. The van der Waals surface area contributed by atoms with Gasteiger partial charge in [0.25, 0.3) is 5.56 Å². The fourth-order valence-electron chi connectivity index (χ4n) is 4.42. The zero-order valence-electron chi connectivity index (χ0n) is 20.9. The van der Waals surface area contributed by atoms with E-state index in [1.54, 1.807) is 6.26 Å². The first-order chi connectivity index (χ1) is 16.2. The zero-order chi connectivity index (χ0) is 24.5. The van der Waals surface area contributed by atoms with Gasteiger partial charge in [0.1, 0.15) is 5.76 Å². The minimum absolute atomic E-state index is 0.0750. The third kappa shape index (κ3) is 4.55. The van der Waals surface area contributed by atoms with Gasteiger partial charge < -0.3 is 9.40 Å². The number of nitrogens with one attached hydrogen (secondary N) is 1. The third-order valence-electron chi connectivity index (χ3n) is 6.89. The summed E-state index contributed by atoms with van der Waals surface area (Å²) in [6, 6.07) is 9.90. The molecule has 0 radical (unpaired) electrons. The number of aromatic nitrogens is 5. The molecule has 4 rings (SSSR count). The van der Waals surface area contributed by atoms with E-state index in [0.717, 1.165) is 46.5 Å². The van der Waals surface area contributed by atoms with Gasteiger partial charge in [-0.15, -0.1) is 5.10 Å². The molecule has 3 heterocycles. The highest BCUT2D eigenvalue weighted by Crippen LogP contribution is 2.30. The van der Waals surface area contributed by atoms with Crippen LogP contribution < -0.4 is 5.56 Å². The highest BCUT2D eigenvalue weighted by molar-refractivity contribution is 5.85. The summed E-state index contributed by atoms with van der Waals surface area (Å²) in [5.41, 5.74) is 3.50. The fourth-order valence-corrected chi connectivity index (χ4v) is 4.42. The molecule has 3 aromatic heterocycles. The van der Waals surface area contributed by atoms with Crippen molar-refractivity contribution in [3.05, 3.63) is 75.2 Å². The van der Waals surface area contributed by atoms with Crippen LogP contribution in [0.1, 0.15) is 74.9 Å². The Balaban J connectivity index is 1.79. The Morgan fingerprint density at radius 3 is 2.59 bits per heavy atom. The molecule has 0 spiro atoms. The molecule has 8 heteroatoms. The van der Waals surface area contributed by atoms with Crippen LogP contribution in [0.5, 0.6) is 0 Å². The lowest BCUT2D eigenvalue weighted by Crippen LogP contribution is -2.36. The Morgan fingerprint density at radius 2 is 1.91 bits per heavy atom. The summed E-state index contributed by atoms with van der Waals surface area (Å²) in [6.07, 6.45) is 3.35. The number of hydrogen-bond donors (Lipinski definition) is 1. The summed E-state index contributed by atoms with van der Waals surface area (Å²) in [5, 5.41) is 13.9. The molecule has 180 valence electrons. The average molecular weight is 463 g/mol. The SMILES string of the molecule is CC[C@@H](c1nnnn1C(C)(C)CC)N(Cc1ccco1)Cc1cc2c(C)ccc(C)c2[nH]c1=O. The molecule has 1 atom stereocenters. The fraction of sp³-hybridized carbons (Fsp3) is 0.462. The molecule has 8 nitrogen and oxygen atoms in total. The molecular formula is C26H34N6O2. The lowest BCUT2D eigenvalue weighted by Gasteiger charge is -2.32. The highest BCUT2D eigenvalue weighted by Gasteiger charge is 2.31. The van der Waals surface area contributed by atoms with Gasteiger partial charge >= 0.3 is 0 Å². The minimum Gasteiger partial charge on any atom is -0.468 e. The van der Waals surface area contributed by atoms with Crippen molar-refractivity contribution in [3.8, 4) is 0 Å². The van der Waals surface area contributed by atoms with Crippen LogP contribution in [0.15, 0.2) is 45.8 Å². The van der Waals surface area contributed by atoms with Gasteiger partial charge in [0.2, 0.25) is 0 Å². The largest absolute Gasteiger partial charge is 0.468 e. The highest BCUT2D eigenvalue weighted by atomic mass is 16.3. The molecule has 0 bridgehead atoms. The molecule has 0 aliphatic carbocycles. The summed E-state index contributed by atoms with van der Waals surface area (Å²) in [7, 11) is 0. The van der Waals surface area contributed by atoms with E-state index in [1.165, 1.54) is 0 Å². The van der Waals surface area contributed by atoms with E-state index < -0.39 is 0 Å². The van der Waals surface area contributed by atoms with Crippen LogP contribution in [0, 0.1) is 13.8 Å². The van der Waals surface area contributed by atoms with Crippen LogP contribution in [0.4, 0.5) is 0 Å². The van der Waals surface area contributed by atoms with Crippen molar-refractivity contribution in [2.75, 3.05) is 0 Å². The van der Waals surface area contributed by atoms with Crippen LogP contribution in [-0.4, -0.2) is 30.1 Å². The van der Waals surface area contributed by atoms with Crippen molar-refractivity contribution in [1.82, 2.24) is 30.1 Å². The van der Waals surface area contributed by atoms with Crippen LogP contribution in [0.2, 0.25) is 0 Å². The monoisotopic (exact) mass is 462 g/mol. The van der Waals surface area contributed by atoms with Gasteiger partial charge in [-0.1, -0.05) is 26.0 Å². The summed E-state index contributed by atoms with van der Waals surface area (Å²) >= 11 is 0. The summed E-state index contributed by atoms with van der Waals surface area (Å²) in [4.78, 5) is 18.5. The summed E-state index contributed by atoms with van der Waals surface area (Å²) in [5.74, 6) is 1.63. The Morgan fingerprint density at radius 1 is 1.15 bits per heavy atom. The maximum atomic E-state index is 13.2. The molecule has 1 aromatic carbocycles. The molecule has 1 N–H and O–H groups in total. The first-order valence-corrected chi connectivity index (χ1v) is 11.9. The second-order valence-electron chi connectivity index (χ2n) is 9.64. The maximum absolute atomic E-state index is 13.2. The van der Waals surface area contributed by atoms with Gasteiger partial charge in [0, 0.05) is 17.5 Å². The number of benzene rings is 1. The Hall–Kier alpha value is -3.26. The second kappa shape index (κ2) is 9.54. The standard InChI is InChI=1S/C26H34N6O2/c1-7-22(24-28-29-30-32(24)26(5,6)8-2)31(16-20-10-9-13-34-20)15-19-14-21-17(3)11-12-18(4)23(21)27-25(19)33/h9-14,22H,7-8,15-16H2,1-6H3,(H,27,33)/t22-/m0/s1. The van der Waals surface area contributed by atoms with Crippen molar-refractivity contribution in [2.24, 2.45) is 0 Å². The van der Waals surface area contributed by atoms with Crippen molar-refractivity contribution >= 4 is 10.9 Å². The molecule has 0 aliphatic rings. The van der Waals surface area contributed by atoms with Crippen molar-refractivity contribution in [3.63, 3.8) is 0 Å². The van der Waals surface area contributed by atoms with E-state index in [-0.39, 0.29) is 17.1 Å². The lowest BCUT2D eigenvalue weighted by molar-refractivity contribution is 0.140. The van der Waals surface area contributed by atoms with E-state index in [2.05, 4.69) is 66.1 Å². The molecule has 0 aliphatic heterocycles. The van der Waals surface area contributed by atoms with Crippen LogP contribution in [-0.2, 0) is 18.6 Å². The average Bonchev–Trinajstić information content (AvgIpc) is 3.50. The number of hydrogen-bond acceptors (Lipinski definition) is 6. The molecule has 0 amide bonds. The molecule has 4 aromatic rings. The zero-order valence-corrected chi connectivity index (χ0v) is 20.9. The van der Waals surface area contributed by atoms with Gasteiger partial charge in [-0.25, -0.2) is 4.68 Å². The molecule has 34 heavy (non-hydrogen) atoms. The molecule has 0 fully saturated rings. The predicted molar refractivity (Wildman–Crippen MR) is 132 cm³/mol. The smallest absolute Gasteiger partial charge is 0.252 e. The maximum Gasteiger partial charge on any atom is 0.252 e. The number of aromatic amines is 1. The van der Waals surface area contributed by atoms with E-state index in [4.69, 9.17) is 4.42 Å². The quantitative estimate of drug-likeness (QED) is 0.375. The Kier molecular flexibility index (Phi) is 6.70. The number of H-pyrrole nitrogens is 1. The van der Waals surface area contributed by atoms with E-state index >= 15 is 0 Å².